The van der Waals surface area contributed by atoms with E-state index in [4.69, 9.17) is 4.74 Å². The van der Waals surface area contributed by atoms with Gasteiger partial charge in [-0.15, -0.1) is 0 Å². The molecule has 1 aliphatic heterocycles. The minimum atomic E-state index is 0.216. The SMILES string of the molecule is COCCC(=O)N1CCC[C@H](Cc2cccc(C)n2)C1. The van der Waals surface area contributed by atoms with E-state index in [1.54, 1.807) is 7.11 Å². The largest absolute Gasteiger partial charge is 0.384 e. The lowest BCUT2D eigenvalue weighted by molar-refractivity contribution is -0.133. The van der Waals surface area contributed by atoms with Crippen LogP contribution in [0.2, 0.25) is 0 Å². The molecule has 2 heterocycles. The first-order valence-electron chi connectivity index (χ1n) is 7.38. The predicted molar refractivity (Wildman–Crippen MR) is 78.5 cm³/mol. The van der Waals surface area contributed by atoms with E-state index in [1.807, 2.05) is 17.9 Å². The van der Waals surface area contributed by atoms with Crippen molar-refractivity contribution >= 4 is 5.91 Å². The number of carbonyl (C=O) groups is 1. The number of hydrogen-bond acceptors (Lipinski definition) is 3. The van der Waals surface area contributed by atoms with E-state index in [1.165, 1.54) is 6.42 Å². The van der Waals surface area contributed by atoms with E-state index in [2.05, 4.69) is 17.1 Å². The number of methoxy groups -OCH3 is 1. The molecule has 2 rings (SSSR count). The predicted octanol–water partition coefficient (Wildman–Crippen LogP) is 2.21. The quantitative estimate of drug-likeness (QED) is 0.828. The van der Waals surface area contributed by atoms with Gasteiger partial charge < -0.3 is 9.64 Å². The van der Waals surface area contributed by atoms with Crippen LogP contribution in [0.25, 0.3) is 0 Å². The van der Waals surface area contributed by atoms with Gasteiger partial charge in [0.05, 0.1) is 13.0 Å². The molecule has 0 saturated carbocycles. The van der Waals surface area contributed by atoms with Crippen LogP contribution in [0.1, 0.15) is 30.7 Å². The summed E-state index contributed by atoms with van der Waals surface area (Å²) in [4.78, 5) is 18.6. The summed E-state index contributed by atoms with van der Waals surface area (Å²) in [5.41, 5.74) is 2.20. The molecule has 4 nitrogen and oxygen atoms in total. The van der Waals surface area contributed by atoms with Crippen molar-refractivity contribution in [1.82, 2.24) is 9.88 Å². The maximum absolute atomic E-state index is 12.0. The Kier molecular flexibility index (Phi) is 5.53. The molecule has 1 aliphatic rings. The number of rotatable bonds is 5. The third-order valence-electron chi connectivity index (χ3n) is 3.84. The lowest BCUT2D eigenvalue weighted by Crippen LogP contribution is -2.40. The molecule has 1 saturated heterocycles. The number of pyridine rings is 1. The molecule has 0 aliphatic carbocycles. The Morgan fingerprint density at radius 1 is 1.50 bits per heavy atom. The maximum atomic E-state index is 12.0. The Hall–Kier alpha value is -1.42. The minimum Gasteiger partial charge on any atom is -0.384 e. The summed E-state index contributed by atoms with van der Waals surface area (Å²) in [6.45, 7) is 4.28. The van der Waals surface area contributed by atoms with Gasteiger partial charge in [0.25, 0.3) is 0 Å². The van der Waals surface area contributed by atoms with Crippen molar-refractivity contribution in [3.8, 4) is 0 Å². The molecule has 0 aromatic carbocycles. The fraction of sp³-hybridized carbons (Fsp3) is 0.625. The second kappa shape index (κ2) is 7.39. The van der Waals surface area contributed by atoms with Gasteiger partial charge in [0.15, 0.2) is 0 Å². The third kappa shape index (κ3) is 4.30. The molecule has 110 valence electrons. The van der Waals surface area contributed by atoms with Crippen LogP contribution in [-0.4, -0.2) is 42.6 Å². The van der Waals surface area contributed by atoms with Crippen LogP contribution in [0.5, 0.6) is 0 Å². The molecule has 1 aromatic heterocycles. The first kappa shape index (κ1) is 15.0. The maximum Gasteiger partial charge on any atom is 0.224 e. The van der Waals surface area contributed by atoms with Gasteiger partial charge >= 0.3 is 0 Å². The molecule has 1 aromatic rings. The van der Waals surface area contributed by atoms with Crippen LogP contribution >= 0.6 is 0 Å². The lowest BCUT2D eigenvalue weighted by atomic mass is 9.93. The van der Waals surface area contributed by atoms with Gasteiger partial charge in [-0.3, -0.25) is 9.78 Å². The summed E-state index contributed by atoms with van der Waals surface area (Å²) in [7, 11) is 1.63. The van der Waals surface area contributed by atoms with E-state index in [9.17, 15) is 4.79 Å². The molecule has 0 bridgehead atoms. The molecule has 1 amide bonds. The molecular weight excluding hydrogens is 252 g/mol. The van der Waals surface area contributed by atoms with Crippen molar-refractivity contribution in [1.29, 1.82) is 0 Å². The Morgan fingerprint density at radius 2 is 2.35 bits per heavy atom. The number of nitrogens with zero attached hydrogens (tertiary/aromatic N) is 2. The minimum absolute atomic E-state index is 0.216. The summed E-state index contributed by atoms with van der Waals surface area (Å²) in [5.74, 6) is 0.748. The monoisotopic (exact) mass is 276 g/mol. The van der Waals surface area contributed by atoms with E-state index < -0.39 is 0 Å². The van der Waals surface area contributed by atoms with Crippen molar-refractivity contribution in [3.63, 3.8) is 0 Å². The Balaban J connectivity index is 1.88. The Labute approximate surface area is 121 Å². The first-order valence-corrected chi connectivity index (χ1v) is 7.38. The van der Waals surface area contributed by atoms with E-state index in [0.29, 0.717) is 18.9 Å². The number of hydrogen-bond donors (Lipinski definition) is 0. The zero-order valence-electron chi connectivity index (χ0n) is 12.5. The molecule has 1 fully saturated rings. The van der Waals surface area contributed by atoms with Gasteiger partial charge in [-0.1, -0.05) is 6.07 Å². The van der Waals surface area contributed by atoms with Crippen LogP contribution in [-0.2, 0) is 16.0 Å². The van der Waals surface area contributed by atoms with Crippen molar-refractivity contribution in [2.75, 3.05) is 26.8 Å². The third-order valence-corrected chi connectivity index (χ3v) is 3.84. The number of amides is 1. The van der Waals surface area contributed by atoms with E-state index in [-0.39, 0.29) is 5.91 Å². The van der Waals surface area contributed by atoms with Crippen molar-refractivity contribution in [2.45, 2.75) is 32.6 Å². The van der Waals surface area contributed by atoms with Crippen molar-refractivity contribution in [3.05, 3.63) is 29.6 Å². The second-order valence-corrected chi connectivity index (χ2v) is 5.57. The van der Waals surface area contributed by atoms with Crippen molar-refractivity contribution < 1.29 is 9.53 Å². The van der Waals surface area contributed by atoms with Crippen molar-refractivity contribution in [2.24, 2.45) is 5.92 Å². The normalized spacial score (nSPS) is 19.1. The number of aromatic nitrogens is 1. The topological polar surface area (TPSA) is 42.4 Å². The lowest BCUT2D eigenvalue weighted by Gasteiger charge is -2.32. The molecular formula is C16H24N2O2. The number of carbonyl (C=O) groups excluding carboxylic acids is 1. The second-order valence-electron chi connectivity index (χ2n) is 5.57. The summed E-state index contributed by atoms with van der Waals surface area (Å²) in [6.07, 6.45) is 3.74. The molecule has 1 atom stereocenters. The fourth-order valence-corrected chi connectivity index (χ4v) is 2.81. The van der Waals surface area contributed by atoms with Crippen LogP contribution < -0.4 is 0 Å². The summed E-state index contributed by atoms with van der Waals surface area (Å²) >= 11 is 0. The Bertz CT molecular complexity index is 448. The zero-order chi connectivity index (χ0) is 14.4. The number of piperidine rings is 1. The molecule has 0 N–H and O–H groups in total. The van der Waals surface area contributed by atoms with E-state index in [0.717, 1.165) is 37.3 Å². The summed E-state index contributed by atoms with van der Waals surface area (Å²) in [5, 5.41) is 0. The smallest absolute Gasteiger partial charge is 0.224 e. The van der Waals surface area contributed by atoms with Crippen LogP contribution in [0.4, 0.5) is 0 Å². The van der Waals surface area contributed by atoms with Gasteiger partial charge in [-0.25, -0.2) is 0 Å². The number of ether oxygens (including phenoxy) is 1. The zero-order valence-corrected chi connectivity index (χ0v) is 12.5. The number of likely N-dealkylation sites (tertiary alicyclic amines) is 1. The Morgan fingerprint density at radius 3 is 3.10 bits per heavy atom. The first-order chi connectivity index (χ1) is 9.69. The average Bonchev–Trinajstić information content (AvgIpc) is 2.45. The highest BCUT2D eigenvalue weighted by atomic mass is 16.5. The van der Waals surface area contributed by atoms with Crippen LogP contribution in [0.15, 0.2) is 18.2 Å². The van der Waals surface area contributed by atoms with Gasteiger partial charge in [-0.05, 0) is 44.2 Å². The van der Waals surface area contributed by atoms with Gasteiger partial charge in [0, 0.05) is 31.6 Å². The average molecular weight is 276 g/mol. The van der Waals surface area contributed by atoms with Gasteiger partial charge in [0.2, 0.25) is 5.91 Å². The highest BCUT2D eigenvalue weighted by Gasteiger charge is 2.23. The van der Waals surface area contributed by atoms with Crippen LogP contribution in [0, 0.1) is 12.8 Å². The number of aryl methyl sites for hydroxylation is 1. The summed E-state index contributed by atoms with van der Waals surface area (Å²) < 4.78 is 4.98. The molecule has 0 unspecified atom stereocenters. The highest BCUT2D eigenvalue weighted by molar-refractivity contribution is 5.76. The fourth-order valence-electron chi connectivity index (χ4n) is 2.81. The molecule has 4 heteroatoms. The van der Waals surface area contributed by atoms with Crippen LogP contribution in [0.3, 0.4) is 0 Å². The standard InChI is InChI=1S/C16H24N2O2/c1-13-5-3-7-15(17-13)11-14-6-4-9-18(12-14)16(19)8-10-20-2/h3,5,7,14H,4,6,8-12H2,1-2H3/t14-/m1/s1. The van der Waals surface area contributed by atoms with E-state index >= 15 is 0 Å². The van der Waals surface area contributed by atoms with Gasteiger partial charge in [-0.2, -0.15) is 0 Å². The summed E-state index contributed by atoms with van der Waals surface area (Å²) in [6, 6.07) is 6.16. The molecule has 20 heavy (non-hydrogen) atoms. The highest BCUT2D eigenvalue weighted by Crippen LogP contribution is 2.20. The van der Waals surface area contributed by atoms with Gasteiger partial charge in [0.1, 0.15) is 0 Å². The molecule has 0 spiro atoms. The molecule has 0 radical (unpaired) electrons.